The fourth-order valence-electron chi connectivity index (χ4n) is 6.27. The predicted octanol–water partition coefficient (Wildman–Crippen LogP) is 8.88. The van der Waals surface area contributed by atoms with Crippen molar-refractivity contribution in [2.24, 2.45) is 0 Å². The van der Waals surface area contributed by atoms with Gasteiger partial charge in [0.2, 0.25) is 5.95 Å². The summed E-state index contributed by atoms with van der Waals surface area (Å²) in [6, 6.07) is 18.3. The highest BCUT2D eigenvalue weighted by atomic mass is 35.5. The first-order valence-electron chi connectivity index (χ1n) is 17.0. The SMILES string of the molecule is C=Cc1ccc(CCCOCCCCCN2CCN(Cc3ccc(-c4c[nH]c5nc(Nc6cc(F)cc(Cl)c6)ncc45)cc3)CC2)cc1F. The highest BCUT2D eigenvalue weighted by Crippen LogP contribution is 2.29. The first-order chi connectivity index (χ1) is 23.9. The number of H-pyrrole nitrogens is 1. The van der Waals surface area contributed by atoms with E-state index in [4.69, 9.17) is 16.3 Å². The molecular formula is C39H43ClF2N6O. The maximum Gasteiger partial charge on any atom is 0.229 e. The van der Waals surface area contributed by atoms with Crippen LogP contribution in [0.2, 0.25) is 5.02 Å². The Balaban J connectivity index is 0.863. The van der Waals surface area contributed by atoms with Crippen molar-refractivity contribution in [3.05, 3.63) is 113 Å². The molecule has 0 aliphatic carbocycles. The second-order valence-corrected chi connectivity index (χ2v) is 13.0. The highest BCUT2D eigenvalue weighted by Gasteiger charge is 2.17. The van der Waals surface area contributed by atoms with Crippen LogP contribution in [0.15, 0.2) is 79.6 Å². The molecule has 0 amide bonds. The van der Waals surface area contributed by atoms with E-state index in [0.717, 1.165) is 87.2 Å². The Hall–Kier alpha value is -4.15. The highest BCUT2D eigenvalue weighted by molar-refractivity contribution is 6.30. The lowest BCUT2D eigenvalue weighted by Gasteiger charge is -2.34. The topological polar surface area (TPSA) is 69.3 Å². The van der Waals surface area contributed by atoms with Gasteiger partial charge in [-0.1, -0.05) is 60.7 Å². The minimum Gasteiger partial charge on any atom is -0.381 e. The molecule has 1 aliphatic rings. The van der Waals surface area contributed by atoms with Crippen LogP contribution in [-0.4, -0.2) is 70.7 Å². The van der Waals surface area contributed by atoms with Gasteiger partial charge in [-0.2, -0.15) is 4.98 Å². The number of rotatable bonds is 16. The van der Waals surface area contributed by atoms with Gasteiger partial charge in [0, 0.05) is 85.6 Å². The van der Waals surface area contributed by atoms with Gasteiger partial charge >= 0.3 is 0 Å². The summed E-state index contributed by atoms with van der Waals surface area (Å²) < 4.78 is 33.4. The number of aromatic amines is 1. The molecule has 1 fully saturated rings. The molecule has 49 heavy (non-hydrogen) atoms. The van der Waals surface area contributed by atoms with Crippen molar-refractivity contribution < 1.29 is 13.5 Å². The number of hydrogen-bond acceptors (Lipinski definition) is 6. The number of nitrogens with zero attached hydrogens (tertiary/aromatic N) is 4. The summed E-state index contributed by atoms with van der Waals surface area (Å²) in [6.07, 6.45) is 10.4. The maximum atomic E-state index is 13.9. The normalized spacial score (nSPS) is 14.0. The minimum atomic E-state index is -0.426. The van der Waals surface area contributed by atoms with Gasteiger partial charge in [0.15, 0.2) is 0 Å². The first-order valence-corrected chi connectivity index (χ1v) is 17.4. The Kier molecular flexibility index (Phi) is 12.0. The molecule has 10 heteroatoms. The zero-order chi connectivity index (χ0) is 34.0. The van der Waals surface area contributed by atoms with Crippen LogP contribution in [0.1, 0.15) is 42.4 Å². The average molecular weight is 685 g/mol. The van der Waals surface area contributed by atoms with Gasteiger partial charge in [0.1, 0.15) is 17.3 Å². The molecule has 0 radical (unpaired) electrons. The largest absolute Gasteiger partial charge is 0.381 e. The van der Waals surface area contributed by atoms with Gasteiger partial charge in [-0.3, -0.25) is 4.90 Å². The van der Waals surface area contributed by atoms with Crippen molar-refractivity contribution in [1.29, 1.82) is 0 Å². The fourth-order valence-corrected chi connectivity index (χ4v) is 6.49. The van der Waals surface area contributed by atoms with E-state index >= 15 is 0 Å². The van der Waals surface area contributed by atoms with Gasteiger partial charge in [-0.15, -0.1) is 0 Å². The van der Waals surface area contributed by atoms with Crippen LogP contribution in [0.25, 0.3) is 28.2 Å². The number of benzene rings is 3. The van der Waals surface area contributed by atoms with Crippen molar-refractivity contribution in [3.63, 3.8) is 0 Å². The number of anilines is 2. The molecule has 1 saturated heterocycles. The molecule has 7 nitrogen and oxygen atoms in total. The maximum absolute atomic E-state index is 13.9. The van der Waals surface area contributed by atoms with E-state index < -0.39 is 5.82 Å². The molecule has 2 aromatic heterocycles. The summed E-state index contributed by atoms with van der Waals surface area (Å²) in [6.45, 7) is 11.6. The molecule has 0 atom stereocenters. The number of aromatic nitrogens is 3. The lowest BCUT2D eigenvalue weighted by Crippen LogP contribution is -2.46. The third-order valence-electron chi connectivity index (χ3n) is 8.99. The van der Waals surface area contributed by atoms with Crippen molar-refractivity contribution >= 4 is 40.3 Å². The quantitative estimate of drug-likeness (QED) is 0.101. The van der Waals surface area contributed by atoms with Crippen molar-refractivity contribution in [1.82, 2.24) is 24.8 Å². The number of hydrogen-bond donors (Lipinski definition) is 2. The number of nitrogens with one attached hydrogen (secondary N) is 2. The molecule has 2 N–H and O–H groups in total. The summed E-state index contributed by atoms with van der Waals surface area (Å²) in [5.41, 5.74) is 6.16. The Labute approximate surface area is 292 Å². The molecule has 0 spiro atoms. The fraction of sp³-hybridized carbons (Fsp3) is 0.333. The van der Waals surface area contributed by atoms with Gasteiger partial charge < -0.3 is 19.9 Å². The van der Waals surface area contributed by atoms with Crippen LogP contribution < -0.4 is 5.32 Å². The number of aryl methyl sites for hydroxylation is 1. The number of unbranched alkanes of at least 4 members (excludes halogenated alkanes) is 2. The molecule has 0 saturated carbocycles. The van der Waals surface area contributed by atoms with Crippen molar-refractivity contribution in [2.45, 2.75) is 38.6 Å². The van der Waals surface area contributed by atoms with Crippen molar-refractivity contribution in [3.8, 4) is 11.1 Å². The minimum absolute atomic E-state index is 0.206. The lowest BCUT2D eigenvalue weighted by molar-refractivity contribution is 0.117. The third kappa shape index (κ3) is 9.73. The number of halogens is 3. The molecule has 256 valence electrons. The van der Waals surface area contributed by atoms with E-state index in [1.807, 2.05) is 12.3 Å². The second-order valence-electron chi connectivity index (χ2n) is 12.6. The van der Waals surface area contributed by atoms with E-state index in [1.54, 1.807) is 30.5 Å². The molecule has 3 aromatic carbocycles. The molecule has 3 heterocycles. The Morgan fingerprint density at radius 1 is 0.898 bits per heavy atom. The first kappa shape index (κ1) is 34.7. The van der Waals surface area contributed by atoms with Crippen molar-refractivity contribution in [2.75, 3.05) is 51.3 Å². The monoisotopic (exact) mass is 684 g/mol. The number of fused-ring (bicyclic) bond motifs is 1. The van der Waals surface area contributed by atoms with Crippen LogP contribution in [0.5, 0.6) is 0 Å². The smallest absolute Gasteiger partial charge is 0.229 e. The van der Waals surface area contributed by atoms with E-state index in [-0.39, 0.29) is 5.82 Å². The van der Waals surface area contributed by atoms with Gasteiger partial charge in [-0.25, -0.2) is 13.8 Å². The summed E-state index contributed by atoms with van der Waals surface area (Å²) in [5.74, 6) is -0.274. The molecule has 0 unspecified atom stereocenters. The Morgan fingerprint density at radius 3 is 2.45 bits per heavy atom. The molecule has 6 rings (SSSR count). The van der Waals surface area contributed by atoms with Crippen LogP contribution in [-0.2, 0) is 17.7 Å². The van der Waals surface area contributed by atoms with Crippen LogP contribution in [0.3, 0.4) is 0 Å². The zero-order valence-corrected chi connectivity index (χ0v) is 28.5. The number of ether oxygens (including phenoxy) is 1. The van der Waals surface area contributed by atoms with Crippen LogP contribution in [0.4, 0.5) is 20.4 Å². The summed E-state index contributed by atoms with van der Waals surface area (Å²) in [5, 5.41) is 4.24. The lowest BCUT2D eigenvalue weighted by atomic mass is 10.0. The van der Waals surface area contributed by atoms with E-state index in [2.05, 4.69) is 60.9 Å². The molecule has 5 aromatic rings. The zero-order valence-electron chi connectivity index (χ0n) is 27.7. The third-order valence-corrected chi connectivity index (χ3v) is 9.21. The van der Waals surface area contributed by atoms with Gasteiger partial charge in [0.25, 0.3) is 0 Å². The van der Waals surface area contributed by atoms with Gasteiger partial charge in [-0.05, 0) is 79.6 Å². The second kappa shape index (κ2) is 17.0. The Bertz CT molecular complexity index is 1820. The summed E-state index contributed by atoms with van der Waals surface area (Å²) >= 11 is 5.97. The Morgan fingerprint density at radius 2 is 1.67 bits per heavy atom. The standard InChI is InChI=1S/C39H43ClF2N6O/c1-2-30-11-8-28(21-37(30)42)7-6-20-49-19-5-3-4-14-47-15-17-48(18-16-47)27-29-9-12-31(13-10-29)35-25-43-38-36(35)26-44-39(46-38)45-34-23-32(40)22-33(41)24-34/h2,8-13,21-26H,1,3-7,14-20,27H2,(H2,43,44,45,46). The predicted molar refractivity (Wildman–Crippen MR) is 195 cm³/mol. The van der Waals surface area contributed by atoms with E-state index in [0.29, 0.717) is 34.5 Å². The molecular weight excluding hydrogens is 642 g/mol. The summed E-state index contributed by atoms with van der Waals surface area (Å²) in [4.78, 5) is 17.3. The van der Waals surface area contributed by atoms with E-state index in [9.17, 15) is 8.78 Å². The van der Waals surface area contributed by atoms with Crippen LogP contribution in [0, 0.1) is 11.6 Å². The molecule has 1 aliphatic heterocycles. The average Bonchev–Trinajstić information content (AvgIpc) is 3.51. The van der Waals surface area contributed by atoms with Crippen LogP contribution >= 0.6 is 11.6 Å². The van der Waals surface area contributed by atoms with E-state index in [1.165, 1.54) is 30.5 Å². The van der Waals surface area contributed by atoms with Gasteiger partial charge in [0.05, 0.1) is 0 Å². The summed E-state index contributed by atoms with van der Waals surface area (Å²) in [7, 11) is 0. The molecule has 0 bridgehead atoms. The number of piperazine rings is 1.